The van der Waals surface area contributed by atoms with Gasteiger partial charge < -0.3 is 4.90 Å². The fourth-order valence-electron chi connectivity index (χ4n) is 12.5. The van der Waals surface area contributed by atoms with E-state index < -0.39 is 5.41 Å². The Kier molecular flexibility index (Phi) is 13.2. The molecule has 13 rings (SSSR count). The van der Waals surface area contributed by atoms with Crippen LogP contribution in [0.4, 0.5) is 34.3 Å². The van der Waals surface area contributed by atoms with Crippen LogP contribution in [0.15, 0.2) is 212 Å². The number of imidazole rings is 1. The topological polar surface area (TPSA) is 38.5 Å². The number of pyridine rings is 1. The Hall–Kier alpha value is -8.31. The van der Waals surface area contributed by atoms with E-state index in [1.165, 1.54) is 38.9 Å². The Morgan fingerprint density at radius 3 is 1.57 bits per heavy atom. The molecule has 7 heteroatoms. The van der Waals surface area contributed by atoms with Crippen molar-refractivity contribution in [1.29, 1.82) is 0 Å². The molecular formula is C77H71N5OPt-2. The number of aromatic nitrogens is 3. The van der Waals surface area contributed by atoms with Gasteiger partial charge in [-0.25, -0.2) is 0 Å². The van der Waals surface area contributed by atoms with Crippen LogP contribution in [0.1, 0.15) is 128 Å². The monoisotopic (exact) mass is 1280 g/mol. The molecule has 2 aromatic heterocycles. The summed E-state index contributed by atoms with van der Waals surface area (Å²) < 4.78 is 12.9. The third-order valence-corrected chi connectivity index (χ3v) is 18.0. The number of hydrogen-bond acceptors (Lipinski definition) is 4. The van der Waals surface area contributed by atoms with E-state index in [0.717, 1.165) is 77.2 Å². The first-order chi connectivity index (χ1) is 40.1. The second-order valence-corrected chi connectivity index (χ2v) is 27.8. The van der Waals surface area contributed by atoms with Gasteiger partial charge in [0.1, 0.15) is 0 Å². The molecule has 4 heterocycles. The number of hydrogen-bond donors (Lipinski definition) is 0. The van der Waals surface area contributed by atoms with Crippen molar-refractivity contribution in [2.75, 3.05) is 9.80 Å². The zero-order valence-electron chi connectivity index (χ0n) is 50.2. The summed E-state index contributed by atoms with van der Waals surface area (Å²) >= 11 is 2.51. The van der Waals surface area contributed by atoms with Crippen LogP contribution in [-0.2, 0) is 46.4 Å². The molecule has 6 nitrogen and oxygen atoms in total. The SMILES string of the molecule is CC(C)(C)c1cccc(N2c3ccccc3C3(c4ccc(Oc5[c-]c(-n6[c](=[Pt])n(-c7cc(C(C)(C)C)cc(C(C)(C)C)c7)c7cc(-c8ccccc8)ccc76)ccc5)[c-]c4N(c4cc(C(C)(C)C)ccn4)c4ccccc43)c3ccccc32)c1. The molecule has 0 fully saturated rings. The van der Waals surface area contributed by atoms with E-state index in [1.807, 2.05) is 12.3 Å². The summed E-state index contributed by atoms with van der Waals surface area (Å²) in [6.45, 7) is 27.4. The Balaban J connectivity index is 0.999. The number of nitrogens with zero attached hydrogens (tertiary/aromatic N) is 5. The Labute approximate surface area is 507 Å². The molecule has 0 saturated carbocycles. The van der Waals surface area contributed by atoms with Gasteiger partial charge in [0.2, 0.25) is 0 Å². The van der Waals surface area contributed by atoms with E-state index in [-0.39, 0.29) is 21.7 Å². The smallest absolute Gasteiger partial charge is 0.0618 e. The molecule has 422 valence electrons. The Bertz CT molecular complexity index is 4340. The number of benzene rings is 9. The van der Waals surface area contributed by atoms with Crippen LogP contribution in [0.3, 0.4) is 0 Å². The summed E-state index contributed by atoms with van der Waals surface area (Å²) in [6, 6.07) is 83.2. The van der Waals surface area contributed by atoms with Crippen molar-refractivity contribution in [3.05, 3.63) is 273 Å². The first-order valence-corrected chi connectivity index (χ1v) is 30.4. The summed E-state index contributed by atoms with van der Waals surface area (Å²) in [5, 5.41) is 0. The molecule has 0 N–H and O–H groups in total. The first kappa shape index (κ1) is 54.9. The molecule has 0 radical (unpaired) electrons. The molecule has 0 atom stereocenters. The van der Waals surface area contributed by atoms with Crippen molar-refractivity contribution in [3.8, 4) is 34.0 Å². The quantitative estimate of drug-likeness (QED) is 0.149. The molecule has 0 aliphatic carbocycles. The molecule has 0 saturated heterocycles. The van der Waals surface area contributed by atoms with Crippen LogP contribution >= 0.6 is 0 Å². The average molecular weight is 1280 g/mol. The molecule has 0 bridgehead atoms. The van der Waals surface area contributed by atoms with Crippen LogP contribution in [0.25, 0.3) is 33.5 Å². The molecule has 9 aromatic carbocycles. The van der Waals surface area contributed by atoms with Crippen molar-refractivity contribution in [2.45, 2.75) is 110 Å². The zero-order chi connectivity index (χ0) is 58.7. The van der Waals surface area contributed by atoms with Gasteiger partial charge in [0.15, 0.2) is 0 Å². The predicted octanol–water partition coefficient (Wildman–Crippen LogP) is 20.1. The summed E-state index contributed by atoms with van der Waals surface area (Å²) in [6.07, 6.45) is 1.95. The van der Waals surface area contributed by atoms with Gasteiger partial charge in [-0.3, -0.25) is 0 Å². The molecule has 0 unspecified atom stereocenters. The maximum atomic E-state index is 7.12. The van der Waals surface area contributed by atoms with E-state index in [0.29, 0.717) is 11.5 Å². The van der Waals surface area contributed by atoms with E-state index in [4.69, 9.17) is 9.72 Å². The second kappa shape index (κ2) is 20.2. The summed E-state index contributed by atoms with van der Waals surface area (Å²) in [5.41, 5.74) is 20.3. The summed E-state index contributed by atoms with van der Waals surface area (Å²) in [7, 11) is 0. The maximum absolute atomic E-state index is 7.12. The van der Waals surface area contributed by atoms with Gasteiger partial charge in [-0.05, 0) is 52.3 Å². The van der Waals surface area contributed by atoms with Crippen molar-refractivity contribution in [2.24, 2.45) is 0 Å². The number of fused-ring (bicyclic) bond motifs is 9. The molecular weight excluding hydrogens is 1210 g/mol. The summed E-state index contributed by atoms with van der Waals surface area (Å²) in [5.74, 6) is 1.95. The fraction of sp³-hybridized carbons (Fsp3) is 0.221. The van der Waals surface area contributed by atoms with Gasteiger partial charge in [0, 0.05) is 23.3 Å². The van der Waals surface area contributed by atoms with Crippen molar-refractivity contribution in [3.63, 3.8) is 0 Å². The van der Waals surface area contributed by atoms with Gasteiger partial charge >= 0.3 is 322 Å². The van der Waals surface area contributed by atoms with Crippen LogP contribution in [0.2, 0.25) is 0 Å². The minimum atomic E-state index is -0.779. The van der Waals surface area contributed by atoms with Crippen LogP contribution in [0, 0.1) is 15.9 Å². The van der Waals surface area contributed by atoms with E-state index in [2.05, 4.69) is 334 Å². The fourth-order valence-corrected chi connectivity index (χ4v) is 13.6. The molecule has 1 spiro atoms. The van der Waals surface area contributed by atoms with Crippen molar-refractivity contribution in [1.82, 2.24) is 14.1 Å². The minimum absolute atomic E-state index is 0.0370. The van der Waals surface area contributed by atoms with E-state index >= 15 is 0 Å². The van der Waals surface area contributed by atoms with Crippen LogP contribution in [0.5, 0.6) is 11.5 Å². The minimum Gasteiger partial charge on any atom is -0.0618 e. The van der Waals surface area contributed by atoms with Gasteiger partial charge in [0.05, 0.1) is 0 Å². The molecule has 0 amide bonds. The van der Waals surface area contributed by atoms with Crippen molar-refractivity contribution >= 4 is 45.3 Å². The third kappa shape index (κ3) is 9.29. The normalized spacial score (nSPS) is 13.8. The Morgan fingerprint density at radius 2 is 0.952 bits per heavy atom. The molecule has 2 aliphatic heterocycles. The predicted molar refractivity (Wildman–Crippen MR) is 343 cm³/mol. The molecule has 84 heavy (non-hydrogen) atoms. The first-order valence-electron chi connectivity index (χ1n) is 29.3. The standard InChI is InChI=1S/C77H71N5O.Pt/c1-73(2,3)53-26-22-28-58(44-53)81-66-33-19-16-30-62(66)77(63-31-17-20-34-67(63)81)64-32-18-21-35-68(64)82(72-47-54(40-41-78-72)74(4,5)6)70-49-61(37-38-65(70)77)83-60-29-23-27-57(48-60)79-50-80(59-45-55(75(7,8)9)43-56(46-59)76(10,11)12)71-42-52(36-39-69(71)79)51-24-14-13-15-25-51;/h13-47H,1-12H3;/q-2;. The number of ether oxygens (including phenoxy) is 1. The van der Waals surface area contributed by atoms with Crippen LogP contribution < -0.4 is 14.5 Å². The van der Waals surface area contributed by atoms with Gasteiger partial charge in [-0.1, -0.05) is 108 Å². The summed E-state index contributed by atoms with van der Waals surface area (Å²) in [4.78, 5) is 9.96. The number of para-hydroxylation sites is 3. The molecule has 11 aromatic rings. The number of rotatable bonds is 7. The average Bonchev–Trinajstić information content (AvgIpc) is 1.11. The Morgan fingerprint density at radius 1 is 0.405 bits per heavy atom. The van der Waals surface area contributed by atoms with Crippen molar-refractivity contribution < 1.29 is 24.1 Å². The van der Waals surface area contributed by atoms with Crippen LogP contribution in [-0.4, -0.2) is 14.1 Å². The third-order valence-electron chi connectivity index (χ3n) is 17.0. The number of anilines is 6. The van der Waals surface area contributed by atoms with E-state index in [9.17, 15) is 0 Å². The van der Waals surface area contributed by atoms with Gasteiger partial charge in [-0.15, -0.1) is 0 Å². The molecule has 2 aliphatic rings. The second-order valence-electron chi connectivity index (χ2n) is 26.8. The van der Waals surface area contributed by atoms with Gasteiger partial charge in [0.25, 0.3) is 0 Å². The zero-order valence-corrected chi connectivity index (χ0v) is 52.4. The van der Waals surface area contributed by atoms with Gasteiger partial charge in [-0.2, -0.15) is 0 Å². The van der Waals surface area contributed by atoms with E-state index in [1.54, 1.807) is 0 Å².